The first-order chi connectivity index (χ1) is 15.1. The van der Waals surface area contributed by atoms with Crippen molar-refractivity contribution in [3.05, 3.63) is 60.2 Å². The average molecular weight is 421 g/mol. The number of aromatic nitrogens is 2. The molecule has 0 fully saturated rings. The third kappa shape index (κ3) is 3.77. The molecule has 0 saturated heterocycles. The molecule has 0 radical (unpaired) electrons. The number of rotatable bonds is 8. The van der Waals surface area contributed by atoms with E-state index in [0.717, 1.165) is 39.4 Å². The SMILES string of the molecule is C=C(C(C)=NOCC)c1ccc2nc(N(C)CCO)n3c2c1OCC3c1ccccc1. The smallest absolute Gasteiger partial charge is 0.207 e. The van der Waals surface area contributed by atoms with Gasteiger partial charge in [-0.05, 0) is 31.5 Å². The Balaban J connectivity index is 1.91. The molecule has 0 bridgehead atoms. The van der Waals surface area contributed by atoms with Crippen LogP contribution in [0.25, 0.3) is 16.6 Å². The minimum absolute atomic E-state index is 0.0310. The summed E-state index contributed by atoms with van der Waals surface area (Å²) >= 11 is 0. The normalized spacial score (nSPS) is 15.6. The molecule has 1 atom stereocenters. The minimum Gasteiger partial charge on any atom is -0.488 e. The first-order valence-corrected chi connectivity index (χ1v) is 10.5. The maximum absolute atomic E-state index is 9.50. The summed E-state index contributed by atoms with van der Waals surface area (Å²) in [6.07, 6.45) is 0. The van der Waals surface area contributed by atoms with E-state index in [0.29, 0.717) is 25.5 Å². The molecule has 7 heteroatoms. The van der Waals surface area contributed by atoms with Gasteiger partial charge in [0.1, 0.15) is 18.7 Å². The maximum Gasteiger partial charge on any atom is 0.207 e. The number of allylic oxidation sites excluding steroid dienone is 1. The number of ether oxygens (including phenoxy) is 1. The summed E-state index contributed by atoms with van der Waals surface area (Å²) in [6, 6.07) is 14.2. The summed E-state index contributed by atoms with van der Waals surface area (Å²) in [5.74, 6) is 1.54. The molecule has 1 aliphatic heterocycles. The van der Waals surface area contributed by atoms with Crippen molar-refractivity contribution in [3.63, 3.8) is 0 Å². The fourth-order valence-electron chi connectivity index (χ4n) is 3.91. The van der Waals surface area contributed by atoms with Gasteiger partial charge in [0, 0.05) is 24.7 Å². The van der Waals surface area contributed by atoms with Crippen molar-refractivity contribution < 1.29 is 14.7 Å². The lowest BCUT2D eigenvalue weighted by atomic mass is 10.00. The lowest BCUT2D eigenvalue weighted by molar-refractivity contribution is 0.159. The van der Waals surface area contributed by atoms with Crippen molar-refractivity contribution in [1.82, 2.24) is 9.55 Å². The minimum atomic E-state index is -0.0310. The van der Waals surface area contributed by atoms with Crippen molar-refractivity contribution >= 4 is 28.3 Å². The van der Waals surface area contributed by atoms with E-state index in [2.05, 4.69) is 28.4 Å². The van der Waals surface area contributed by atoms with Crippen LogP contribution in [0.2, 0.25) is 0 Å². The van der Waals surface area contributed by atoms with Crippen molar-refractivity contribution in [2.75, 3.05) is 38.3 Å². The number of hydrogen-bond donors (Lipinski definition) is 1. The summed E-state index contributed by atoms with van der Waals surface area (Å²) in [4.78, 5) is 12.1. The molecule has 3 aromatic rings. The highest BCUT2D eigenvalue weighted by Gasteiger charge is 2.31. The number of oxime groups is 1. The third-order valence-electron chi connectivity index (χ3n) is 5.54. The molecule has 1 aromatic heterocycles. The number of aliphatic hydroxyl groups excluding tert-OH is 1. The molecule has 2 heterocycles. The fraction of sp³-hybridized carbons (Fsp3) is 0.333. The summed E-state index contributed by atoms with van der Waals surface area (Å²) in [5.41, 5.74) is 5.23. The second-order valence-electron chi connectivity index (χ2n) is 7.55. The lowest BCUT2D eigenvalue weighted by Crippen LogP contribution is -2.30. The summed E-state index contributed by atoms with van der Waals surface area (Å²) in [7, 11) is 1.94. The molecule has 4 rings (SSSR count). The second kappa shape index (κ2) is 8.81. The van der Waals surface area contributed by atoms with Crippen LogP contribution in [0, 0.1) is 0 Å². The van der Waals surface area contributed by atoms with Crippen LogP contribution in [0.3, 0.4) is 0 Å². The van der Waals surface area contributed by atoms with Crippen LogP contribution in [-0.4, -0.2) is 53.8 Å². The predicted molar refractivity (Wildman–Crippen MR) is 124 cm³/mol. The Labute approximate surface area is 182 Å². The quantitative estimate of drug-likeness (QED) is 0.442. The van der Waals surface area contributed by atoms with E-state index in [1.807, 2.05) is 56.1 Å². The molecule has 1 unspecified atom stereocenters. The van der Waals surface area contributed by atoms with Gasteiger partial charge in [0.15, 0.2) is 5.75 Å². The Bertz CT molecular complexity index is 1120. The van der Waals surface area contributed by atoms with Gasteiger partial charge >= 0.3 is 0 Å². The standard InChI is InChI=1S/C24H28N4O3/c1-5-31-26-17(3)16(2)19-11-12-20-22-23(19)30-15-21(18-9-7-6-8-10-18)28(22)24(25-20)27(4)13-14-29/h6-12,21,29H,2,5,13-15H2,1,3-4H3. The van der Waals surface area contributed by atoms with Crippen LogP contribution in [0.5, 0.6) is 5.75 Å². The molecule has 1 N–H and O–H groups in total. The first-order valence-electron chi connectivity index (χ1n) is 10.5. The highest BCUT2D eigenvalue weighted by atomic mass is 16.6. The van der Waals surface area contributed by atoms with Crippen LogP contribution < -0.4 is 9.64 Å². The molecular weight excluding hydrogens is 392 g/mol. The van der Waals surface area contributed by atoms with E-state index in [9.17, 15) is 5.11 Å². The zero-order valence-electron chi connectivity index (χ0n) is 18.2. The van der Waals surface area contributed by atoms with Gasteiger partial charge in [-0.3, -0.25) is 4.57 Å². The van der Waals surface area contributed by atoms with E-state index in [-0.39, 0.29) is 12.6 Å². The van der Waals surface area contributed by atoms with Crippen molar-refractivity contribution in [3.8, 4) is 5.75 Å². The average Bonchev–Trinajstić information content (AvgIpc) is 3.19. The molecule has 0 aliphatic carbocycles. The Morgan fingerprint density at radius 2 is 2.10 bits per heavy atom. The molecule has 31 heavy (non-hydrogen) atoms. The van der Waals surface area contributed by atoms with Gasteiger partial charge in [0.2, 0.25) is 5.95 Å². The molecule has 2 aromatic carbocycles. The maximum atomic E-state index is 9.50. The number of nitrogens with zero attached hydrogens (tertiary/aromatic N) is 4. The molecular formula is C24H28N4O3. The number of anilines is 1. The van der Waals surface area contributed by atoms with Crippen LogP contribution in [0.4, 0.5) is 5.95 Å². The van der Waals surface area contributed by atoms with Gasteiger partial charge in [-0.25, -0.2) is 4.98 Å². The highest BCUT2D eigenvalue weighted by molar-refractivity contribution is 6.23. The molecule has 162 valence electrons. The van der Waals surface area contributed by atoms with E-state index in [1.165, 1.54) is 0 Å². The highest BCUT2D eigenvalue weighted by Crippen LogP contribution is 2.43. The van der Waals surface area contributed by atoms with Crippen LogP contribution in [0.15, 0.2) is 54.2 Å². The van der Waals surface area contributed by atoms with E-state index < -0.39 is 0 Å². The number of hydrogen-bond acceptors (Lipinski definition) is 6. The Hall–Kier alpha value is -3.32. The summed E-state index contributed by atoms with van der Waals surface area (Å²) < 4.78 is 8.55. The Morgan fingerprint density at radius 1 is 1.32 bits per heavy atom. The van der Waals surface area contributed by atoms with Crippen molar-refractivity contribution in [1.29, 1.82) is 0 Å². The molecule has 0 amide bonds. The second-order valence-corrected chi connectivity index (χ2v) is 7.55. The number of aliphatic hydroxyl groups is 1. The zero-order valence-corrected chi connectivity index (χ0v) is 18.2. The first kappa shape index (κ1) is 20.9. The number of benzene rings is 2. The van der Waals surface area contributed by atoms with E-state index >= 15 is 0 Å². The van der Waals surface area contributed by atoms with Gasteiger partial charge in [-0.1, -0.05) is 42.1 Å². The summed E-state index contributed by atoms with van der Waals surface area (Å²) in [6.45, 7) is 9.51. The third-order valence-corrected chi connectivity index (χ3v) is 5.54. The van der Waals surface area contributed by atoms with Crippen LogP contribution in [0.1, 0.15) is 31.0 Å². The van der Waals surface area contributed by atoms with Crippen LogP contribution >= 0.6 is 0 Å². The van der Waals surface area contributed by atoms with Gasteiger partial charge in [0.25, 0.3) is 0 Å². The van der Waals surface area contributed by atoms with Gasteiger partial charge < -0.3 is 19.6 Å². The van der Waals surface area contributed by atoms with Gasteiger partial charge in [0.05, 0.1) is 23.9 Å². The van der Waals surface area contributed by atoms with Crippen LogP contribution in [-0.2, 0) is 4.84 Å². The zero-order chi connectivity index (χ0) is 22.0. The molecule has 1 aliphatic rings. The topological polar surface area (TPSA) is 72.1 Å². The lowest BCUT2D eigenvalue weighted by Gasteiger charge is -2.30. The number of imidazole rings is 1. The van der Waals surface area contributed by atoms with Crippen molar-refractivity contribution in [2.24, 2.45) is 5.16 Å². The Kier molecular flexibility index (Phi) is 5.95. The molecule has 7 nitrogen and oxygen atoms in total. The van der Waals surface area contributed by atoms with E-state index in [4.69, 9.17) is 14.6 Å². The predicted octanol–water partition coefficient (Wildman–Crippen LogP) is 3.87. The molecule has 0 saturated carbocycles. The van der Waals surface area contributed by atoms with Gasteiger partial charge in [-0.15, -0.1) is 0 Å². The monoisotopic (exact) mass is 420 g/mol. The fourth-order valence-corrected chi connectivity index (χ4v) is 3.91. The van der Waals surface area contributed by atoms with E-state index in [1.54, 1.807) is 0 Å². The largest absolute Gasteiger partial charge is 0.488 e. The van der Waals surface area contributed by atoms with Gasteiger partial charge in [-0.2, -0.15) is 0 Å². The molecule has 0 spiro atoms. The summed E-state index contributed by atoms with van der Waals surface area (Å²) in [5, 5.41) is 13.6. The number of likely N-dealkylation sites (N-methyl/N-ethyl adjacent to an activating group) is 1. The van der Waals surface area contributed by atoms with Crippen molar-refractivity contribution in [2.45, 2.75) is 19.9 Å². The Morgan fingerprint density at radius 3 is 2.81 bits per heavy atom.